The molecule has 0 aliphatic carbocycles. The second-order valence-corrected chi connectivity index (χ2v) is 3.70. The third-order valence-electron chi connectivity index (χ3n) is 2.32. The number of rotatable bonds is 6. The van der Waals surface area contributed by atoms with Crippen LogP contribution in [0.4, 0.5) is 0 Å². The quantitative estimate of drug-likeness (QED) is 0.699. The number of hydrogen-bond donors (Lipinski definition) is 2. The van der Waals surface area contributed by atoms with E-state index in [0.29, 0.717) is 5.92 Å². The summed E-state index contributed by atoms with van der Waals surface area (Å²) in [5, 5.41) is 12.0. The number of aryl methyl sites for hydroxylation is 1. The third kappa shape index (κ3) is 3.47. The molecule has 0 aliphatic heterocycles. The summed E-state index contributed by atoms with van der Waals surface area (Å²) in [5.74, 6) is 1.56. The molecule has 2 N–H and O–H groups in total. The maximum absolute atomic E-state index is 8.72. The summed E-state index contributed by atoms with van der Waals surface area (Å²) in [6.45, 7) is 4.11. The lowest BCUT2D eigenvalue weighted by Crippen LogP contribution is -2.22. The lowest BCUT2D eigenvalue weighted by atomic mass is 10.1. The predicted molar refractivity (Wildman–Crippen MR) is 55.8 cm³/mol. The Morgan fingerprint density at radius 2 is 2.43 bits per heavy atom. The highest BCUT2D eigenvalue weighted by molar-refractivity contribution is 4.90. The van der Waals surface area contributed by atoms with E-state index in [-0.39, 0.29) is 6.61 Å². The van der Waals surface area contributed by atoms with E-state index in [0.717, 1.165) is 25.3 Å². The van der Waals surface area contributed by atoms with Gasteiger partial charge in [-0.2, -0.15) is 0 Å². The van der Waals surface area contributed by atoms with Crippen molar-refractivity contribution in [2.75, 3.05) is 13.2 Å². The molecule has 0 bridgehead atoms. The number of hydrogen-bond acceptors (Lipinski definition) is 3. The Morgan fingerprint density at radius 1 is 1.64 bits per heavy atom. The van der Waals surface area contributed by atoms with Crippen LogP contribution in [-0.2, 0) is 13.6 Å². The number of nitrogens with one attached hydrogen (secondary N) is 1. The first kappa shape index (κ1) is 11.2. The highest BCUT2D eigenvalue weighted by Gasteiger charge is 2.02. The van der Waals surface area contributed by atoms with Gasteiger partial charge in [-0.25, -0.2) is 4.98 Å². The Kier molecular flexibility index (Phi) is 4.62. The molecule has 0 saturated heterocycles. The standard InChI is InChI=1S/C10H19N3O/c1-9(3-6-14)7-11-8-10-12-4-5-13(10)2/h4-5,9,11,14H,3,6-8H2,1-2H3. The normalized spacial score (nSPS) is 13.1. The number of aromatic nitrogens is 2. The fourth-order valence-electron chi connectivity index (χ4n) is 1.32. The molecule has 1 rings (SSSR count). The zero-order valence-corrected chi connectivity index (χ0v) is 8.90. The maximum Gasteiger partial charge on any atom is 0.122 e. The minimum atomic E-state index is 0.269. The number of aliphatic hydroxyl groups excluding tert-OH is 1. The van der Waals surface area contributed by atoms with Gasteiger partial charge in [-0.3, -0.25) is 0 Å². The first-order valence-electron chi connectivity index (χ1n) is 5.01. The smallest absolute Gasteiger partial charge is 0.122 e. The van der Waals surface area contributed by atoms with Gasteiger partial charge in [0.1, 0.15) is 5.82 Å². The van der Waals surface area contributed by atoms with Crippen molar-refractivity contribution in [3.63, 3.8) is 0 Å². The molecule has 4 nitrogen and oxygen atoms in total. The largest absolute Gasteiger partial charge is 0.396 e. The summed E-state index contributed by atoms with van der Waals surface area (Å²) < 4.78 is 2.00. The molecular weight excluding hydrogens is 178 g/mol. The van der Waals surface area contributed by atoms with Crippen molar-refractivity contribution in [1.29, 1.82) is 0 Å². The van der Waals surface area contributed by atoms with Gasteiger partial charge in [0.15, 0.2) is 0 Å². The zero-order valence-electron chi connectivity index (χ0n) is 8.90. The van der Waals surface area contributed by atoms with E-state index in [4.69, 9.17) is 5.11 Å². The zero-order chi connectivity index (χ0) is 10.4. The average Bonchev–Trinajstić information content (AvgIpc) is 2.52. The summed E-state index contributed by atoms with van der Waals surface area (Å²) in [5.41, 5.74) is 0. The third-order valence-corrected chi connectivity index (χ3v) is 2.32. The minimum Gasteiger partial charge on any atom is -0.396 e. The Balaban J connectivity index is 2.19. The molecular formula is C10H19N3O. The van der Waals surface area contributed by atoms with E-state index in [1.807, 2.05) is 17.8 Å². The fourth-order valence-corrected chi connectivity index (χ4v) is 1.32. The number of aliphatic hydroxyl groups is 1. The van der Waals surface area contributed by atoms with Gasteiger partial charge in [0.25, 0.3) is 0 Å². The molecule has 14 heavy (non-hydrogen) atoms. The predicted octanol–water partition coefficient (Wildman–Crippen LogP) is 0.528. The molecule has 0 aliphatic rings. The Labute approximate surface area is 85.0 Å². The van der Waals surface area contributed by atoms with Crippen molar-refractivity contribution in [2.45, 2.75) is 19.9 Å². The van der Waals surface area contributed by atoms with Gasteiger partial charge in [-0.05, 0) is 18.9 Å². The van der Waals surface area contributed by atoms with E-state index < -0.39 is 0 Å². The van der Waals surface area contributed by atoms with E-state index in [2.05, 4.69) is 17.2 Å². The molecule has 1 atom stereocenters. The van der Waals surface area contributed by atoms with Gasteiger partial charge in [-0.15, -0.1) is 0 Å². The van der Waals surface area contributed by atoms with Crippen LogP contribution in [0, 0.1) is 5.92 Å². The van der Waals surface area contributed by atoms with Crippen molar-refractivity contribution in [3.05, 3.63) is 18.2 Å². The van der Waals surface area contributed by atoms with E-state index in [1.165, 1.54) is 0 Å². The van der Waals surface area contributed by atoms with Gasteiger partial charge in [-0.1, -0.05) is 6.92 Å². The molecule has 0 fully saturated rings. The van der Waals surface area contributed by atoms with Crippen molar-refractivity contribution in [3.8, 4) is 0 Å². The maximum atomic E-state index is 8.72. The first-order valence-corrected chi connectivity index (χ1v) is 5.01. The number of nitrogens with zero attached hydrogens (tertiary/aromatic N) is 2. The van der Waals surface area contributed by atoms with Crippen LogP contribution >= 0.6 is 0 Å². The minimum absolute atomic E-state index is 0.269. The molecule has 0 radical (unpaired) electrons. The van der Waals surface area contributed by atoms with E-state index in [1.54, 1.807) is 6.20 Å². The van der Waals surface area contributed by atoms with Crippen LogP contribution in [0.1, 0.15) is 19.2 Å². The first-order chi connectivity index (χ1) is 6.74. The molecule has 1 heterocycles. The van der Waals surface area contributed by atoms with Crippen LogP contribution in [0.3, 0.4) is 0 Å². The van der Waals surface area contributed by atoms with Crippen molar-refractivity contribution >= 4 is 0 Å². The fraction of sp³-hybridized carbons (Fsp3) is 0.700. The molecule has 1 aromatic rings. The molecule has 1 aromatic heterocycles. The molecule has 0 spiro atoms. The highest BCUT2D eigenvalue weighted by Crippen LogP contribution is 1.99. The van der Waals surface area contributed by atoms with Crippen LogP contribution in [0.2, 0.25) is 0 Å². The highest BCUT2D eigenvalue weighted by atomic mass is 16.3. The average molecular weight is 197 g/mol. The van der Waals surface area contributed by atoms with Crippen molar-refractivity contribution in [2.24, 2.45) is 13.0 Å². The van der Waals surface area contributed by atoms with Gasteiger partial charge >= 0.3 is 0 Å². The van der Waals surface area contributed by atoms with Gasteiger partial charge in [0.2, 0.25) is 0 Å². The monoisotopic (exact) mass is 197 g/mol. The molecule has 4 heteroatoms. The Morgan fingerprint density at radius 3 is 3.00 bits per heavy atom. The topological polar surface area (TPSA) is 50.1 Å². The van der Waals surface area contributed by atoms with E-state index in [9.17, 15) is 0 Å². The Hall–Kier alpha value is -0.870. The Bertz CT molecular complexity index is 260. The lowest BCUT2D eigenvalue weighted by molar-refractivity contribution is 0.260. The summed E-state index contributed by atoms with van der Waals surface area (Å²) in [4.78, 5) is 4.21. The van der Waals surface area contributed by atoms with Crippen molar-refractivity contribution in [1.82, 2.24) is 14.9 Å². The van der Waals surface area contributed by atoms with Crippen LogP contribution < -0.4 is 5.32 Å². The molecule has 1 unspecified atom stereocenters. The van der Waals surface area contributed by atoms with Crippen molar-refractivity contribution < 1.29 is 5.11 Å². The summed E-state index contributed by atoms with van der Waals surface area (Å²) in [6.07, 6.45) is 4.59. The van der Waals surface area contributed by atoms with Gasteiger partial charge in [0.05, 0.1) is 6.54 Å². The molecule has 80 valence electrons. The van der Waals surface area contributed by atoms with Gasteiger partial charge in [0, 0.05) is 26.0 Å². The second kappa shape index (κ2) is 5.78. The van der Waals surface area contributed by atoms with Crippen LogP contribution in [0.5, 0.6) is 0 Å². The molecule has 0 saturated carbocycles. The summed E-state index contributed by atoms with van der Waals surface area (Å²) >= 11 is 0. The summed E-state index contributed by atoms with van der Waals surface area (Å²) in [7, 11) is 1.99. The van der Waals surface area contributed by atoms with Crippen LogP contribution in [0.25, 0.3) is 0 Å². The van der Waals surface area contributed by atoms with Crippen LogP contribution in [0.15, 0.2) is 12.4 Å². The lowest BCUT2D eigenvalue weighted by Gasteiger charge is -2.10. The SMILES string of the molecule is CC(CCO)CNCc1nccn1C. The molecule has 0 aromatic carbocycles. The molecule has 0 amide bonds. The summed E-state index contributed by atoms with van der Waals surface area (Å²) in [6, 6.07) is 0. The van der Waals surface area contributed by atoms with Crippen LogP contribution in [-0.4, -0.2) is 27.8 Å². The number of imidazole rings is 1. The van der Waals surface area contributed by atoms with Gasteiger partial charge < -0.3 is 15.0 Å². The van der Waals surface area contributed by atoms with E-state index >= 15 is 0 Å². The second-order valence-electron chi connectivity index (χ2n) is 3.70.